The van der Waals surface area contributed by atoms with Crippen LogP contribution in [0.25, 0.3) is 0 Å². The van der Waals surface area contributed by atoms with Crippen LogP contribution in [0.2, 0.25) is 0 Å². The number of aryl methyl sites for hydroxylation is 1. The van der Waals surface area contributed by atoms with Crippen LogP contribution in [0.4, 0.5) is 0 Å². The van der Waals surface area contributed by atoms with Gasteiger partial charge in [0.25, 0.3) is 10.1 Å². The highest BCUT2D eigenvalue weighted by Gasteiger charge is 2.31. The zero-order chi connectivity index (χ0) is 18.9. The molecule has 0 spiro atoms. The first-order chi connectivity index (χ1) is 13.0. The Bertz CT molecular complexity index is 1020. The van der Waals surface area contributed by atoms with E-state index in [1.54, 1.807) is 24.3 Å². The monoisotopic (exact) mass is 378 g/mol. The summed E-state index contributed by atoms with van der Waals surface area (Å²) in [5.74, 6) is 0.134. The second-order valence-electron chi connectivity index (χ2n) is 7.09. The molecule has 1 aliphatic carbocycles. The van der Waals surface area contributed by atoms with Crippen molar-refractivity contribution < 1.29 is 12.6 Å². The van der Waals surface area contributed by atoms with E-state index in [9.17, 15) is 8.42 Å². The average Bonchev–Trinajstić information content (AvgIpc) is 2.68. The largest absolute Gasteiger partial charge is 0.297 e. The molecule has 0 amide bonds. The van der Waals surface area contributed by atoms with Gasteiger partial charge in [0.1, 0.15) is 0 Å². The lowest BCUT2D eigenvalue weighted by molar-refractivity contribution is 0.185. The number of hydrogen-bond donors (Lipinski definition) is 0. The van der Waals surface area contributed by atoms with Crippen LogP contribution in [-0.4, -0.2) is 14.5 Å². The molecule has 3 aromatic rings. The maximum Gasteiger partial charge on any atom is 0.297 e. The quantitative estimate of drug-likeness (QED) is 0.610. The van der Waals surface area contributed by atoms with E-state index in [-0.39, 0.29) is 16.9 Å². The van der Waals surface area contributed by atoms with Gasteiger partial charge in [-0.3, -0.25) is 4.18 Å². The van der Waals surface area contributed by atoms with Gasteiger partial charge in [-0.05, 0) is 42.2 Å². The third kappa shape index (κ3) is 3.82. The highest BCUT2D eigenvalue weighted by Crippen LogP contribution is 2.38. The molecule has 0 bridgehead atoms. The van der Waals surface area contributed by atoms with Crippen molar-refractivity contribution in [2.75, 3.05) is 0 Å². The summed E-state index contributed by atoms with van der Waals surface area (Å²) in [6.07, 6.45) is 0.868. The van der Waals surface area contributed by atoms with Gasteiger partial charge < -0.3 is 0 Å². The third-order valence-electron chi connectivity index (χ3n) is 5.15. The second kappa shape index (κ2) is 7.29. The Hall–Kier alpha value is -2.43. The molecule has 0 aliphatic heterocycles. The van der Waals surface area contributed by atoms with E-state index >= 15 is 0 Å². The molecule has 1 aliphatic rings. The van der Waals surface area contributed by atoms with E-state index in [0.717, 1.165) is 11.1 Å². The van der Waals surface area contributed by atoms with Crippen molar-refractivity contribution in [3.63, 3.8) is 0 Å². The SMILES string of the molecule is Cc1ccc(S(=O)(=O)O[C@@H]2Cc3ccccc3[C@H](c3ccccc3)C2)cc1. The third-order valence-corrected chi connectivity index (χ3v) is 6.53. The Kier molecular flexibility index (Phi) is 4.85. The smallest absolute Gasteiger partial charge is 0.263 e. The first-order valence-corrected chi connectivity index (χ1v) is 10.6. The predicted octanol–water partition coefficient (Wildman–Crippen LogP) is 4.85. The molecule has 0 fully saturated rings. The molecular formula is C23H22O3S. The Balaban J connectivity index is 1.64. The maximum atomic E-state index is 12.7. The fourth-order valence-electron chi connectivity index (χ4n) is 3.79. The van der Waals surface area contributed by atoms with Gasteiger partial charge in [-0.1, -0.05) is 72.3 Å². The zero-order valence-corrected chi connectivity index (χ0v) is 16.0. The van der Waals surface area contributed by atoms with Crippen molar-refractivity contribution in [2.24, 2.45) is 0 Å². The summed E-state index contributed by atoms with van der Waals surface area (Å²) in [7, 11) is -3.78. The van der Waals surface area contributed by atoms with Crippen LogP contribution in [0.15, 0.2) is 83.8 Å². The molecular weight excluding hydrogens is 356 g/mol. The highest BCUT2D eigenvalue weighted by atomic mass is 32.2. The molecule has 4 heteroatoms. The van der Waals surface area contributed by atoms with Crippen LogP contribution in [0.5, 0.6) is 0 Å². The topological polar surface area (TPSA) is 43.4 Å². The van der Waals surface area contributed by atoms with Crippen LogP contribution in [0.3, 0.4) is 0 Å². The van der Waals surface area contributed by atoms with Gasteiger partial charge in [0.05, 0.1) is 11.0 Å². The van der Waals surface area contributed by atoms with E-state index in [1.807, 2.05) is 37.3 Å². The van der Waals surface area contributed by atoms with Gasteiger partial charge in [0.15, 0.2) is 0 Å². The molecule has 0 aromatic heterocycles. The molecule has 2 atom stereocenters. The summed E-state index contributed by atoms with van der Waals surface area (Å²) in [5, 5.41) is 0. The van der Waals surface area contributed by atoms with Crippen molar-refractivity contribution in [1.29, 1.82) is 0 Å². The zero-order valence-electron chi connectivity index (χ0n) is 15.2. The Morgan fingerprint density at radius 3 is 2.26 bits per heavy atom. The number of rotatable bonds is 4. The standard InChI is InChI=1S/C23H22O3S/c1-17-11-13-21(14-12-17)27(24,25)26-20-15-19-9-5-6-10-22(19)23(16-20)18-7-3-2-4-8-18/h2-14,20,23H,15-16H2,1H3/t20-,23+/m1/s1. The summed E-state index contributed by atoms with van der Waals surface area (Å²) >= 11 is 0. The minimum Gasteiger partial charge on any atom is -0.263 e. The lowest BCUT2D eigenvalue weighted by Crippen LogP contribution is -2.28. The maximum absolute atomic E-state index is 12.7. The molecule has 0 saturated heterocycles. The second-order valence-corrected chi connectivity index (χ2v) is 8.66. The van der Waals surface area contributed by atoms with Crippen molar-refractivity contribution in [3.05, 3.63) is 101 Å². The van der Waals surface area contributed by atoms with Gasteiger partial charge in [0.2, 0.25) is 0 Å². The van der Waals surface area contributed by atoms with E-state index in [0.29, 0.717) is 12.8 Å². The fourth-order valence-corrected chi connectivity index (χ4v) is 4.88. The van der Waals surface area contributed by atoms with Gasteiger partial charge >= 0.3 is 0 Å². The molecule has 0 radical (unpaired) electrons. The molecule has 27 heavy (non-hydrogen) atoms. The molecule has 3 aromatic carbocycles. The van der Waals surface area contributed by atoms with Crippen LogP contribution in [0.1, 0.15) is 34.6 Å². The normalized spacial score (nSPS) is 19.4. The summed E-state index contributed by atoms with van der Waals surface area (Å²) in [4.78, 5) is 0.211. The Labute approximate surface area is 160 Å². The number of benzene rings is 3. The summed E-state index contributed by atoms with van der Waals surface area (Å²) in [5.41, 5.74) is 4.62. The van der Waals surface area contributed by atoms with Crippen molar-refractivity contribution >= 4 is 10.1 Å². The molecule has 0 saturated carbocycles. The lowest BCUT2D eigenvalue weighted by atomic mass is 9.78. The molecule has 0 unspecified atom stereocenters. The van der Waals surface area contributed by atoms with Crippen LogP contribution in [-0.2, 0) is 20.7 Å². The first kappa shape index (κ1) is 18.0. The minimum atomic E-state index is -3.78. The summed E-state index contributed by atoms with van der Waals surface area (Å²) in [6, 6.07) is 25.3. The molecule has 0 heterocycles. The Morgan fingerprint density at radius 1 is 0.852 bits per heavy atom. The molecule has 4 rings (SSSR count). The van der Waals surface area contributed by atoms with Crippen LogP contribution >= 0.6 is 0 Å². The average molecular weight is 378 g/mol. The molecule has 3 nitrogen and oxygen atoms in total. The Morgan fingerprint density at radius 2 is 1.52 bits per heavy atom. The van der Waals surface area contributed by atoms with E-state index in [1.165, 1.54) is 11.1 Å². The van der Waals surface area contributed by atoms with Gasteiger partial charge in [-0.15, -0.1) is 0 Å². The van der Waals surface area contributed by atoms with Gasteiger partial charge in [-0.2, -0.15) is 8.42 Å². The lowest BCUT2D eigenvalue weighted by Gasteiger charge is -2.31. The number of fused-ring (bicyclic) bond motifs is 1. The minimum absolute atomic E-state index is 0.134. The van der Waals surface area contributed by atoms with E-state index < -0.39 is 10.1 Å². The van der Waals surface area contributed by atoms with Crippen molar-refractivity contribution in [2.45, 2.75) is 36.7 Å². The van der Waals surface area contributed by atoms with Crippen molar-refractivity contribution in [3.8, 4) is 0 Å². The summed E-state index contributed by atoms with van der Waals surface area (Å²) in [6.45, 7) is 1.93. The van der Waals surface area contributed by atoms with Crippen molar-refractivity contribution in [1.82, 2.24) is 0 Å². The van der Waals surface area contributed by atoms with Gasteiger partial charge in [0, 0.05) is 12.3 Å². The highest BCUT2D eigenvalue weighted by molar-refractivity contribution is 7.86. The van der Waals surface area contributed by atoms with Crippen LogP contribution < -0.4 is 0 Å². The predicted molar refractivity (Wildman–Crippen MR) is 106 cm³/mol. The van der Waals surface area contributed by atoms with Crippen LogP contribution in [0, 0.1) is 6.92 Å². The van der Waals surface area contributed by atoms with E-state index in [2.05, 4.69) is 24.3 Å². The molecule has 0 N–H and O–H groups in total. The molecule has 138 valence electrons. The summed E-state index contributed by atoms with van der Waals surface area (Å²) < 4.78 is 31.2. The number of hydrogen-bond acceptors (Lipinski definition) is 3. The first-order valence-electron chi connectivity index (χ1n) is 9.15. The van der Waals surface area contributed by atoms with E-state index in [4.69, 9.17) is 4.18 Å². The van der Waals surface area contributed by atoms with Gasteiger partial charge in [-0.25, -0.2) is 0 Å². The fraction of sp³-hybridized carbons (Fsp3) is 0.217.